The summed E-state index contributed by atoms with van der Waals surface area (Å²) >= 11 is 0. The molecule has 112 valence electrons. The van der Waals surface area contributed by atoms with Gasteiger partial charge in [-0.15, -0.1) is 0 Å². The lowest BCUT2D eigenvalue weighted by Crippen LogP contribution is -2.11. The van der Waals surface area contributed by atoms with E-state index in [9.17, 15) is 8.42 Å². The van der Waals surface area contributed by atoms with Crippen molar-refractivity contribution in [2.24, 2.45) is 0 Å². The molecule has 0 aliphatic heterocycles. The SMILES string of the molecule is C=Cc1cn(S(=O)(=O)c2ccc(C)cc2)c2ccc(C)cc12. The summed E-state index contributed by atoms with van der Waals surface area (Å²) in [6.07, 6.45) is 3.31. The Bertz CT molecular complexity index is 964. The highest BCUT2D eigenvalue weighted by Gasteiger charge is 2.20. The Morgan fingerprint density at radius 2 is 1.64 bits per heavy atom. The maximum Gasteiger partial charge on any atom is 0.268 e. The smallest absolute Gasteiger partial charge is 0.241 e. The van der Waals surface area contributed by atoms with Crippen LogP contribution in [-0.4, -0.2) is 12.4 Å². The van der Waals surface area contributed by atoms with Crippen molar-refractivity contribution in [3.8, 4) is 0 Å². The molecule has 0 amide bonds. The minimum atomic E-state index is -3.62. The van der Waals surface area contributed by atoms with Crippen LogP contribution in [0.15, 0.2) is 60.1 Å². The molecular weight excluding hydrogens is 294 g/mol. The lowest BCUT2D eigenvalue weighted by Gasteiger charge is -2.08. The van der Waals surface area contributed by atoms with Gasteiger partial charge in [0.25, 0.3) is 10.0 Å². The zero-order chi connectivity index (χ0) is 15.9. The molecule has 1 heterocycles. The first kappa shape index (κ1) is 14.6. The molecule has 0 unspecified atom stereocenters. The van der Waals surface area contributed by atoms with E-state index in [1.807, 2.05) is 32.0 Å². The molecule has 0 N–H and O–H groups in total. The normalized spacial score (nSPS) is 11.7. The van der Waals surface area contributed by atoms with E-state index in [4.69, 9.17) is 0 Å². The van der Waals surface area contributed by atoms with Crippen LogP contribution in [0.3, 0.4) is 0 Å². The van der Waals surface area contributed by atoms with Gasteiger partial charge in [-0.3, -0.25) is 0 Å². The quantitative estimate of drug-likeness (QED) is 0.729. The van der Waals surface area contributed by atoms with E-state index in [2.05, 4.69) is 6.58 Å². The lowest BCUT2D eigenvalue weighted by molar-refractivity contribution is 0.589. The molecule has 0 aliphatic carbocycles. The molecule has 0 saturated heterocycles. The van der Waals surface area contributed by atoms with Crippen LogP contribution in [0, 0.1) is 13.8 Å². The first-order valence-corrected chi connectivity index (χ1v) is 8.44. The van der Waals surface area contributed by atoms with E-state index >= 15 is 0 Å². The molecule has 0 aliphatic rings. The van der Waals surface area contributed by atoms with Crippen molar-refractivity contribution < 1.29 is 8.42 Å². The molecule has 3 aromatic rings. The highest BCUT2D eigenvalue weighted by Crippen LogP contribution is 2.27. The second kappa shape index (κ2) is 5.14. The van der Waals surface area contributed by atoms with E-state index in [1.54, 1.807) is 36.5 Å². The molecule has 1 aromatic heterocycles. The van der Waals surface area contributed by atoms with Gasteiger partial charge in [0, 0.05) is 17.1 Å². The highest BCUT2D eigenvalue weighted by molar-refractivity contribution is 7.90. The van der Waals surface area contributed by atoms with Crippen molar-refractivity contribution >= 4 is 27.0 Å². The number of aromatic nitrogens is 1. The van der Waals surface area contributed by atoms with Crippen LogP contribution in [0.1, 0.15) is 16.7 Å². The monoisotopic (exact) mass is 311 g/mol. The van der Waals surface area contributed by atoms with Gasteiger partial charge in [-0.1, -0.05) is 42.0 Å². The molecular formula is C18H17NO2S. The van der Waals surface area contributed by atoms with E-state index in [1.165, 1.54) is 3.97 Å². The number of rotatable bonds is 3. The minimum Gasteiger partial charge on any atom is -0.241 e. The minimum absolute atomic E-state index is 0.284. The molecule has 0 radical (unpaired) electrons. The molecule has 0 atom stereocenters. The Morgan fingerprint density at radius 3 is 2.27 bits per heavy atom. The first-order chi connectivity index (χ1) is 10.4. The number of nitrogens with zero attached hydrogens (tertiary/aromatic N) is 1. The summed E-state index contributed by atoms with van der Waals surface area (Å²) in [7, 11) is -3.62. The van der Waals surface area contributed by atoms with Crippen molar-refractivity contribution in [1.29, 1.82) is 0 Å². The van der Waals surface area contributed by atoms with Crippen LogP contribution >= 0.6 is 0 Å². The summed E-state index contributed by atoms with van der Waals surface area (Å²) in [4.78, 5) is 0.284. The standard InChI is InChI=1S/C18H17NO2S/c1-4-15-12-19(18-10-7-14(3)11-17(15)18)22(20,21)16-8-5-13(2)6-9-16/h4-12H,1H2,2-3H3. The first-order valence-electron chi connectivity index (χ1n) is 7.00. The topological polar surface area (TPSA) is 39.1 Å². The summed E-state index contributed by atoms with van der Waals surface area (Å²) in [6, 6.07) is 12.6. The Kier molecular flexibility index (Phi) is 3.41. The fourth-order valence-corrected chi connectivity index (χ4v) is 3.90. The summed E-state index contributed by atoms with van der Waals surface area (Å²) in [5.74, 6) is 0. The van der Waals surface area contributed by atoms with Crippen LogP contribution in [-0.2, 0) is 10.0 Å². The van der Waals surface area contributed by atoms with Gasteiger partial charge in [-0.05, 0) is 38.1 Å². The zero-order valence-electron chi connectivity index (χ0n) is 12.6. The fourth-order valence-electron chi connectivity index (χ4n) is 2.52. The average molecular weight is 311 g/mol. The van der Waals surface area contributed by atoms with E-state index in [0.29, 0.717) is 5.52 Å². The van der Waals surface area contributed by atoms with Gasteiger partial charge in [0.15, 0.2) is 0 Å². The average Bonchev–Trinajstić information content (AvgIpc) is 2.86. The maximum atomic E-state index is 12.9. The summed E-state index contributed by atoms with van der Waals surface area (Å²) in [6.45, 7) is 7.70. The van der Waals surface area contributed by atoms with Gasteiger partial charge in [-0.25, -0.2) is 12.4 Å². The molecule has 3 nitrogen and oxygen atoms in total. The van der Waals surface area contributed by atoms with Crippen LogP contribution in [0.2, 0.25) is 0 Å². The third-order valence-corrected chi connectivity index (χ3v) is 5.44. The van der Waals surface area contributed by atoms with Gasteiger partial charge in [-0.2, -0.15) is 0 Å². The number of hydrogen-bond acceptors (Lipinski definition) is 2. The van der Waals surface area contributed by atoms with Gasteiger partial charge >= 0.3 is 0 Å². The molecule has 0 bridgehead atoms. The number of hydrogen-bond donors (Lipinski definition) is 0. The van der Waals surface area contributed by atoms with Crippen molar-refractivity contribution in [3.05, 3.63) is 71.9 Å². The number of benzene rings is 2. The number of aryl methyl sites for hydroxylation is 2. The van der Waals surface area contributed by atoms with Gasteiger partial charge < -0.3 is 0 Å². The third kappa shape index (κ3) is 2.25. The van der Waals surface area contributed by atoms with Crippen LogP contribution < -0.4 is 0 Å². The summed E-state index contributed by atoms with van der Waals surface area (Å²) in [5, 5.41) is 0.894. The van der Waals surface area contributed by atoms with Crippen molar-refractivity contribution in [2.75, 3.05) is 0 Å². The van der Waals surface area contributed by atoms with E-state index in [0.717, 1.165) is 22.1 Å². The molecule has 0 spiro atoms. The highest BCUT2D eigenvalue weighted by atomic mass is 32.2. The lowest BCUT2D eigenvalue weighted by atomic mass is 10.1. The van der Waals surface area contributed by atoms with Crippen LogP contribution in [0.4, 0.5) is 0 Å². The Hall–Kier alpha value is -2.33. The molecule has 22 heavy (non-hydrogen) atoms. The molecule has 3 rings (SSSR count). The summed E-state index contributed by atoms with van der Waals surface area (Å²) in [5.41, 5.74) is 3.59. The maximum absolute atomic E-state index is 12.9. The van der Waals surface area contributed by atoms with Crippen molar-refractivity contribution in [2.45, 2.75) is 18.7 Å². The van der Waals surface area contributed by atoms with Gasteiger partial charge in [0.1, 0.15) is 0 Å². The molecule has 2 aromatic carbocycles. The van der Waals surface area contributed by atoms with E-state index in [-0.39, 0.29) is 4.90 Å². The van der Waals surface area contributed by atoms with Crippen LogP contribution in [0.25, 0.3) is 17.0 Å². The fraction of sp³-hybridized carbons (Fsp3) is 0.111. The Morgan fingerprint density at radius 1 is 1.00 bits per heavy atom. The van der Waals surface area contributed by atoms with Crippen molar-refractivity contribution in [3.63, 3.8) is 0 Å². The summed E-state index contributed by atoms with van der Waals surface area (Å²) < 4.78 is 27.1. The van der Waals surface area contributed by atoms with Gasteiger partial charge in [0.05, 0.1) is 10.4 Å². The molecule has 4 heteroatoms. The molecule has 0 saturated carbocycles. The number of fused-ring (bicyclic) bond motifs is 1. The Balaban J connectivity index is 2.29. The third-order valence-electron chi connectivity index (χ3n) is 3.75. The van der Waals surface area contributed by atoms with Crippen molar-refractivity contribution in [1.82, 2.24) is 3.97 Å². The van der Waals surface area contributed by atoms with Crippen LogP contribution in [0.5, 0.6) is 0 Å². The largest absolute Gasteiger partial charge is 0.268 e. The predicted octanol–water partition coefficient (Wildman–Crippen LogP) is 4.14. The van der Waals surface area contributed by atoms with Gasteiger partial charge in [0.2, 0.25) is 0 Å². The Labute approximate surface area is 130 Å². The second-order valence-electron chi connectivity index (χ2n) is 5.42. The molecule has 0 fully saturated rings. The predicted molar refractivity (Wildman–Crippen MR) is 90.5 cm³/mol. The second-order valence-corrected chi connectivity index (χ2v) is 7.24. The zero-order valence-corrected chi connectivity index (χ0v) is 13.4. The van der Waals surface area contributed by atoms with E-state index < -0.39 is 10.0 Å².